The van der Waals surface area contributed by atoms with E-state index in [0.717, 1.165) is 77.5 Å². The molecule has 10 aromatic carbocycles. The van der Waals surface area contributed by atoms with Gasteiger partial charge in [-0.15, -0.1) is 0 Å². The lowest BCUT2D eigenvalue weighted by Crippen LogP contribution is -2.03. The van der Waals surface area contributed by atoms with Crippen LogP contribution < -0.4 is 0 Å². The summed E-state index contributed by atoms with van der Waals surface area (Å²) in [6.07, 6.45) is 0. The van der Waals surface area contributed by atoms with Gasteiger partial charge in [-0.1, -0.05) is 170 Å². The molecular formula is C63H39N5O. The molecule has 0 atom stereocenters. The molecule has 0 N–H and O–H groups in total. The summed E-state index contributed by atoms with van der Waals surface area (Å²) in [5.74, 6) is 1.74. The van der Waals surface area contributed by atoms with Crippen LogP contribution in [0.5, 0.6) is 0 Å². The predicted molar refractivity (Wildman–Crippen MR) is 283 cm³/mol. The highest BCUT2D eigenvalue weighted by atomic mass is 16.3. The minimum absolute atomic E-state index is 0.569. The summed E-state index contributed by atoms with van der Waals surface area (Å²) in [6.45, 7) is 0. The summed E-state index contributed by atoms with van der Waals surface area (Å²) in [6, 6.07) is 83.5. The van der Waals surface area contributed by atoms with Crippen molar-refractivity contribution < 1.29 is 4.42 Å². The molecule has 0 fully saturated rings. The Morgan fingerprint density at radius 3 is 1.58 bits per heavy atom. The molecule has 0 spiro atoms. The highest BCUT2D eigenvalue weighted by molar-refractivity contribution is 6.22. The van der Waals surface area contributed by atoms with Crippen molar-refractivity contribution in [1.82, 2.24) is 24.1 Å². The Bertz CT molecular complexity index is 4300. The molecule has 0 radical (unpaired) electrons. The summed E-state index contributed by atoms with van der Waals surface area (Å²) < 4.78 is 11.1. The lowest BCUT2D eigenvalue weighted by Gasteiger charge is -2.15. The van der Waals surface area contributed by atoms with Crippen molar-refractivity contribution in [3.63, 3.8) is 0 Å². The highest BCUT2D eigenvalue weighted by Crippen LogP contribution is 2.45. The lowest BCUT2D eigenvalue weighted by atomic mass is 9.95. The Balaban J connectivity index is 0.990. The zero-order valence-electron chi connectivity index (χ0n) is 37.2. The van der Waals surface area contributed by atoms with Crippen LogP contribution in [-0.2, 0) is 0 Å². The summed E-state index contributed by atoms with van der Waals surface area (Å²) in [4.78, 5) is 15.7. The van der Waals surface area contributed by atoms with Gasteiger partial charge in [0.05, 0.1) is 27.8 Å². The van der Waals surface area contributed by atoms with Crippen molar-refractivity contribution in [2.24, 2.45) is 0 Å². The Hall–Kier alpha value is -9.39. The maximum Gasteiger partial charge on any atom is 0.166 e. The molecule has 4 aromatic heterocycles. The van der Waals surface area contributed by atoms with Gasteiger partial charge in [-0.25, -0.2) is 15.0 Å². The lowest BCUT2D eigenvalue weighted by molar-refractivity contribution is 0.669. The van der Waals surface area contributed by atoms with E-state index in [1.807, 2.05) is 54.6 Å². The zero-order valence-corrected chi connectivity index (χ0v) is 37.2. The van der Waals surface area contributed by atoms with Gasteiger partial charge in [-0.2, -0.15) is 0 Å². The van der Waals surface area contributed by atoms with Crippen LogP contribution in [0.2, 0.25) is 0 Å². The summed E-state index contributed by atoms with van der Waals surface area (Å²) >= 11 is 0. The third kappa shape index (κ3) is 6.23. The van der Waals surface area contributed by atoms with E-state index >= 15 is 0 Å². The maximum atomic E-state index is 6.35. The van der Waals surface area contributed by atoms with E-state index in [2.05, 4.69) is 191 Å². The number of hydrogen-bond donors (Lipinski definition) is 0. The van der Waals surface area contributed by atoms with Gasteiger partial charge < -0.3 is 13.6 Å². The molecule has 0 aliphatic heterocycles. The number of rotatable bonds is 7. The van der Waals surface area contributed by atoms with Crippen LogP contribution in [0.3, 0.4) is 0 Å². The van der Waals surface area contributed by atoms with Crippen molar-refractivity contribution in [3.8, 4) is 67.8 Å². The van der Waals surface area contributed by atoms with E-state index in [1.165, 1.54) is 38.4 Å². The molecule has 0 aliphatic carbocycles. The monoisotopic (exact) mass is 881 g/mol. The van der Waals surface area contributed by atoms with E-state index in [9.17, 15) is 0 Å². The number of furan rings is 1. The van der Waals surface area contributed by atoms with Gasteiger partial charge in [-0.05, 0) is 89.0 Å². The van der Waals surface area contributed by atoms with Crippen molar-refractivity contribution in [1.29, 1.82) is 0 Å². The molecule has 0 bridgehead atoms. The molecule has 6 heteroatoms. The van der Waals surface area contributed by atoms with Crippen molar-refractivity contribution in [3.05, 3.63) is 237 Å². The van der Waals surface area contributed by atoms with Crippen molar-refractivity contribution >= 4 is 65.6 Å². The summed E-state index contributed by atoms with van der Waals surface area (Å²) in [5.41, 5.74) is 15.6. The quantitative estimate of drug-likeness (QED) is 0.160. The van der Waals surface area contributed by atoms with Gasteiger partial charge in [-0.3, -0.25) is 0 Å². The van der Waals surface area contributed by atoms with Crippen LogP contribution in [0, 0.1) is 0 Å². The largest absolute Gasteiger partial charge is 0.456 e. The van der Waals surface area contributed by atoms with E-state index in [0.29, 0.717) is 17.5 Å². The van der Waals surface area contributed by atoms with Crippen molar-refractivity contribution in [2.45, 2.75) is 0 Å². The Morgan fingerprint density at radius 2 is 0.812 bits per heavy atom. The first kappa shape index (κ1) is 38.8. The van der Waals surface area contributed by atoms with Gasteiger partial charge in [0.2, 0.25) is 0 Å². The average Bonchev–Trinajstić information content (AvgIpc) is 4.09. The smallest absolute Gasteiger partial charge is 0.166 e. The van der Waals surface area contributed by atoms with E-state index in [-0.39, 0.29) is 0 Å². The van der Waals surface area contributed by atoms with Crippen LogP contribution >= 0.6 is 0 Å². The molecule has 322 valence electrons. The normalized spacial score (nSPS) is 11.8. The maximum absolute atomic E-state index is 6.35. The second kappa shape index (κ2) is 15.6. The van der Waals surface area contributed by atoms with Crippen LogP contribution in [0.15, 0.2) is 241 Å². The summed E-state index contributed by atoms with van der Waals surface area (Å²) in [5, 5.41) is 6.89. The number of aromatic nitrogens is 5. The minimum atomic E-state index is 0.569. The van der Waals surface area contributed by atoms with Gasteiger partial charge in [0.15, 0.2) is 17.5 Å². The van der Waals surface area contributed by atoms with Crippen LogP contribution in [0.1, 0.15) is 0 Å². The van der Waals surface area contributed by atoms with E-state index in [1.54, 1.807) is 0 Å². The number of fused-ring (bicyclic) bond motifs is 9. The average molecular weight is 882 g/mol. The van der Waals surface area contributed by atoms with Gasteiger partial charge in [0.25, 0.3) is 0 Å². The molecule has 0 aliphatic rings. The van der Waals surface area contributed by atoms with E-state index < -0.39 is 0 Å². The standard InChI is InChI=1S/C63H39N5O/c1-4-18-40(19-5-1)42-34-37-50-56(38-42)67(44-22-8-3-9-23-44)54-31-16-27-48(60(50)54)47-28-17-32-55-59(47)49-25-10-13-29-52(49)68(55)53-30-14-11-26-51(53)63-65-61(41-20-6-2-7-21-41)64-62(66-63)43-35-36-46-45-24-12-15-33-57(45)69-58(46)39-43/h1-39H. The highest BCUT2D eigenvalue weighted by Gasteiger charge is 2.23. The molecule has 6 nitrogen and oxygen atoms in total. The fourth-order valence-corrected chi connectivity index (χ4v) is 10.5. The fourth-order valence-electron chi connectivity index (χ4n) is 10.5. The number of hydrogen-bond acceptors (Lipinski definition) is 4. The van der Waals surface area contributed by atoms with Crippen LogP contribution in [0.4, 0.5) is 0 Å². The Morgan fingerprint density at radius 1 is 0.290 bits per heavy atom. The second-order valence-electron chi connectivity index (χ2n) is 17.5. The zero-order chi connectivity index (χ0) is 45.4. The van der Waals surface area contributed by atoms with Gasteiger partial charge in [0.1, 0.15) is 11.2 Å². The molecule has 0 saturated heterocycles. The number of nitrogens with zero attached hydrogens (tertiary/aromatic N) is 5. The predicted octanol–water partition coefficient (Wildman–Crippen LogP) is 16.3. The first-order valence-corrected chi connectivity index (χ1v) is 23.3. The molecule has 14 rings (SSSR count). The minimum Gasteiger partial charge on any atom is -0.456 e. The second-order valence-corrected chi connectivity index (χ2v) is 17.5. The SMILES string of the molecule is c1ccc(-c2ccc3c4c(-c5cccc6c5c5ccccc5n6-c5ccccc5-c5nc(-c6ccccc6)nc(-c6ccc7c(c6)oc6ccccc67)n5)cccc4n(-c4ccccc4)c3c2)cc1. The number of benzene rings is 10. The third-order valence-electron chi connectivity index (χ3n) is 13.6. The first-order valence-electron chi connectivity index (χ1n) is 23.3. The molecule has 69 heavy (non-hydrogen) atoms. The van der Waals surface area contributed by atoms with Gasteiger partial charge in [0, 0.05) is 54.7 Å². The molecule has 0 unspecified atom stereocenters. The third-order valence-corrected chi connectivity index (χ3v) is 13.6. The number of para-hydroxylation sites is 4. The molecule has 14 aromatic rings. The van der Waals surface area contributed by atoms with Gasteiger partial charge >= 0.3 is 0 Å². The molecule has 0 amide bonds. The molecule has 4 heterocycles. The van der Waals surface area contributed by atoms with E-state index in [4.69, 9.17) is 19.4 Å². The Kier molecular flexibility index (Phi) is 8.79. The summed E-state index contributed by atoms with van der Waals surface area (Å²) in [7, 11) is 0. The first-order chi connectivity index (χ1) is 34.2. The Labute approximate surface area is 396 Å². The van der Waals surface area contributed by atoms with Crippen LogP contribution in [0.25, 0.3) is 133 Å². The topological polar surface area (TPSA) is 61.7 Å². The molecule has 0 saturated carbocycles. The molecular weight excluding hydrogens is 843 g/mol. The van der Waals surface area contributed by atoms with Crippen molar-refractivity contribution in [2.75, 3.05) is 0 Å². The fraction of sp³-hybridized carbons (Fsp3) is 0. The van der Waals surface area contributed by atoms with Crippen LogP contribution in [-0.4, -0.2) is 24.1 Å².